The maximum Gasteiger partial charge on any atom is 0.270 e. The highest BCUT2D eigenvalue weighted by atomic mass is 32.1. The summed E-state index contributed by atoms with van der Waals surface area (Å²) in [5, 5.41) is 15.2. The van der Waals surface area contributed by atoms with Crippen molar-refractivity contribution in [1.29, 1.82) is 0 Å². The number of hydrogen-bond acceptors (Lipinski definition) is 5. The molecule has 0 bridgehead atoms. The van der Waals surface area contributed by atoms with Gasteiger partial charge in [-0.05, 0) is 25.5 Å². The average molecular weight is 333 g/mol. The zero-order valence-corrected chi connectivity index (χ0v) is 14.1. The van der Waals surface area contributed by atoms with Crippen LogP contribution in [0.2, 0.25) is 0 Å². The van der Waals surface area contributed by atoms with Crippen LogP contribution in [-0.4, -0.2) is 35.2 Å². The molecule has 23 heavy (non-hydrogen) atoms. The average Bonchev–Trinajstić information content (AvgIpc) is 3.01. The summed E-state index contributed by atoms with van der Waals surface area (Å²) in [6.07, 6.45) is 0.861. The Balaban J connectivity index is 1.98. The molecule has 1 heterocycles. The molecule has 1 aromatic carbocycles. The standard InChI is InChI=1S/C17H23N3O2S/c1-12(21)9-14(13-5-3-2-4-6-13)10-19-17(22)15-11-23-16(20-15)7-8-18/h2-6,11-12,14,21H,7-10,18H2,1H3,(H,19,22). The van der Waals surface area contributed by atoms with Gasteiger partial charge in [0, 0.05) is 24.3 Å². The van der Waals surface area contributed by atoms with E-state index in [1.807, 2.05) is 30.3 Å². The van der Waals surface area contributed by atoms with E-state index >= 15 is 0 Å². The van der Waals surface area contributed by atoms with Crippen molar-refractivity contribution in [2.75, 3.05) is 13.1 Å². The van der Waals surface area contributed by atoms with Gasteiger partial charge in [0.1, 0.15) is 5.69 Å². The third-order valence-electron chi connectivity index (χ3n) is 3.55. The van der Waals surface area contributed by atoms with Crippen LogP contribution in [0, 0.1) is 0 Å². The third kappa shape index (κ3) is 5.42. The predicted octanol–water partition coefficient (Wildman–Crippen LogP) is 1.93. The summed E-state index contributed by atoms with van der Waals surface area (Å²) in [4.78, 5) is 16.5. The lowest BCUT2D eigenvalue weighted by Gasteiger charge is -2.19. The Labute approximate surface area is 140 Å². The van der Waals surface area contributed by atoms with Gasteiger partial charge in [0.25, 0.3) is 5.91 Å². The Morgan fingerprint density at radius 1 is 1.39 bits per heavy atom. The van der Waals surface area contributed by atoms with Crippen LogP contribution in [0.25, 0.3) is 0 Å². The van der Waals surface area contributed by atoms with Crippen LogP contribution in [0.5, 0.6) is 0 Å². The molecule has 0 saturated carbocycles. The summed E-state index contributed by atoms with van der Waals surface area (Å²) in [6, 6.07) is 9.91. The van der Waals surface area contributed by atoms with Gasteiger partial charge in [-0.25, -0.2) is 4.98 Å². The van der Waals surface area contributed by atoms with E-state index in [-0.39, 0.29) is 11.8 Å². The van der Waals surface area contributed by atoms with E-state index < -0.39 is 6.10 Å². The molecular formula is C17H23N3O2S. The highest BCUT2D eigenvalue weighted by Gasteiger charge is 2.17. The second kappa shape index (κ2) is 8.76. The minimum absolute atomic E-state index is 0.0716. The lowest BCUT2D eigenvalue weighted by molar-refractivity contribution is 0.0941. The van der Waals surface area contributed by atoms with Crippen LogP contribution < -0.4 is 11.1 Å². The number of nitrogens with two attached hydrogens (primary N) is 1. The first-order valence-corrected chi connectivity index (χ1v) is 8.63. The molecule has 0 saturated heterocycles. The monoisotopic (exact) mass is 333 g/mol. The number of benzene rings is 1. The predicted molar refractivity (Wildman–Crippen MR) is 92.7 cm³/mol. The molecule has 0 spiro atoms. The van der Waals surface area contributed by atoms with E-state index in [1.165, 1.54) is 11.3 Å². The molecule has 5 nitrogen and oxygen atoms in total. The summed E-state index contributed by atoms with van der Waals surface area (Å²) in [5.74, 6) is -0.113. The molecule has 124 valence electrons. The van der Waals surface area contributed by atoms with Gasteiger partial charge in [0.05, 0.1) is 11.1 Å². The Kier molecular flexibility index (Phi) is 6.70. The van der Waals surface area contributed by atoms with E-state index in [0.29, 0.717) is 31.6 Å². The number of aliphatic hydroxyl groups excluding tert-OH is 1. The number of aromatic nitrogens is 1. The number of hydrogen-bond donors (Lipinski definition) is 3. The lowest BCUT2D eigenvalue weighted by atomic mass is 9.93. The van der Waals surface area contributed by atoms with Gasteiger partial charge in [-0.1, -0.05) is 30.3 Å². The van der Waals surface area contributed by atoms with Crippen molar-refractivity contribution in [2.45, 2.75) is 31.8 Å². The molecule has 0 aliphatic rings. The Morgan fingerprint density at radius 3 is 2.78 bits per heavy atom. The largest absolute Gasteiger partial charge is 0.393 e. The van der Waals surface area contributed by atoms with Crippen LogP contribution >= 0.6 is 11.3 Å². The number of thiazole rings is 1. The molecule has 2 unspecified atom stereocenters. The Bertz CT molecular complexity index is 613. The van der Waals surface area contributed by atoms with E-state index in [2.05, 4.69) is 10.3 Å². The normalized spacial score (nSPS) is 13.5. The fourth-order valence-corrected chi connectivity index (χ4v) is 3.23. The van der Waals surface area contributed by atoms with Gasteiger partial charge < -0.3 is 16.2 Å². The van der Waals surface area contributed by atoms with Crippen molar-refractivity contribution in [3.8, 4) is 0 Å². The summed E-state index contributed by atoms with van der Waals surface area (Å²) < 4.78 is 0. The SMILES string of the molecule is CC(O)CC(CNC(=O)c1csc(CCN)n1)c1ccccc1. The van der Waals surface area contributed by atoms with Gasteiger partial charge >= 0.3 is 0 Å². The summed E-state index contributed by atoms with van der Waals surface area (Å²) in [6.45, 7) is 2.76. The fraction of sp³-hybridized carbons (Fsp3) is 0.412. The third-order valence-corrected chi connectivity index (χ3v) is 4.46. The van der Waals surface area contributed by atoms with E-state index in [1.54, 1.807) is 12.3 Å². The van der Waals surface area contributed by atoms with E-state index in [0.717, 1.165) is 10.6 Å². The highest BCUT2D eigenvalue weighted by Crippen LogP contribution is 2.20. The molecule has 2 aromatic rings. The van der Waals surface area contributed by atoms with Crippen molar-refractivity contribution in [3.05, 3.63) is 52.0 Å². The molecule has 0 fully saturated rings. The van der Waals surface area contributed by atoms with Crippen LogP contribution in [-0.2, 0) is 6.42 Å². The number of aliphatic hydroxyl groups is 1. The van der Waals surface area contributed by atoms with Crippen molar-refractivity contribution >= 4 is 17.2 Å². The second-order valence-electron chi connectivity index (χ2n) is 5.57. The molecule has 0 radical (unpaired) electrons. The number of rotatable bonds is 8. The van der Waals surface area contributed by atoms with Crippen molar-refractivity contribution in [3.63, 3.8) is 0 Å². The number of amides is 1. The fourth-order valence-electron chi connectivity index (χ4n) is 2.43. The summed E-state index contributed by atoms with van der Waals surface area (Å²) in [5.41, 5.74) is 7.04. The zero-order chi connectivity index (χ0) is 16.7. The van der Waals surface area contributed by atoms with Crippen LogP contribution in [0.3, 0.4) is 0 Å². The van der Waals surface area contributed by atoms with Gasteiger partial charge in [-0.3, -0.25) is 4.79 Å². The summed E-state index contributed by atoms with van der Waals surface area (Å²) in [7, 11) is 0. The molecule has 0 aliphatic heterocycles. The van der Waals surface area contributed by atoms with Gasteiger partial charge in [-0.15, -0.1) is 11.3 Å². The van der Waals surface area contributed by atoms with Crippen molar-refractivity contribution in [2.24, 2.45) is 5.73 Å². The Morgan fingerprint density at radius 2 is 2.13 bits per heavy atom. The van der Waals surface area contributed by atoms with Gasteiger partial charge in [0.2, 0.25) is 0 Å². The van der Waals surface area contributed by atoms with Crippen molar-refractivity contribution in [1.82, 2.24) is 10.3 Å². The molecule has 0 aliphatic carbocycles. The smallest absolute Gasteiger partial charge is 0.270 e. The first kappa shape index (κ1) is 17.6. The van der Waals surface area contributed by atoms with Crippen LogP contribution in [0.4, 0.5) is 0 Å². The maximum atomic E-state index is 12.2. The molecular weight excluding hydrogens is 310 g/mol. The molecule has 2 rings (SSSR count). The molecule has 1 amide bonds. The highest BCUT2D eigenvalue weighted by molar-refractivity contribution is 7.09. The maximum absolute atomic E-state index is 12.2. The quantitative estimate of drug-likeness (QED) is 0.689. The lowest BCUT2D eigenvalue weighted by Crippen LogP contribution is -2.30. The van der Waals surface area contributed by atoms with Crippen LogP contribution in [0.15, 0.2) is 35.7 Å². The molecule has 6 heteroatoms. The van der Waals surface area contributed by atoms with Gasteiger partial charge in [-0.2, -0.15) is 0 Å². The second-order valence-corrected chi connectivity index (χ2v) is 6.51. The topological polar surface area (TPSA) is 88.2 Å². The first-order valence-electron chi connectivity index (χ1n) is 7.75. The van der Waals surface area contributed by atoms with Gasteiger partial charge in [0.15, 0.2) is 0 Å². The Hall–Kier alpha value is -1.76. The minimum atomic E-state index is -0.424. The molecule has 4 N–H and O–H groups in total. The summed E-state index contributed by atoms with van der Waals surface area (Å²) >= 11 is 1.45. The molecule has 2 atom stereocenters. The minimum Gasteiger partial charge on any atom is -0.393 e. The number of carbonyl (C=O) groups is 1. The van der Waals surface area contributed by atoms with E-state index in [9.17, 15) is 9.90 Å². The van der Waals surface area contributed by atoms with Crippen molar-refractivity contribution < 1.29 is 9.90 Å². The number of nitrogens with zero attached hydrogens (tertiary/aromatic N) is 1. The molecule has 1 aromatic heterocycles. The van der Waals surface area contributed by atoms with E-state index in [4.69, 9.17) is 5.73 Å². The number of nitrogens with one attached hydrogen (secondary N) is 1. The van der Waals surface area contributed by atoms with Crippen LogP contribution in [0.1, 0.15) is 40.3 Å². The zero-order valence-electron chi connectivity index (χ0n) is 13.2. The first-order chi connectivity index (χ1) is 11.1. The number of carbonyl (C=O) groups excluding carboxylic acids is 1.